The standard InChI is InChI=1S/C17H24N2S/c1-11-8-9-14(12(2)10-11)18-13(3)17-19-15-6-4-5-7-16(15)20-17/h4-7,11-14,18H,8-10H2,1-3H3. The Labute approximate surface area is 125 Å². The van der Waals surface area contributed by atoms with Crippen LogP contribution in [0.25, 0.3) is 10.2 Å². The Balaban J connectivity index is 1.71. The molecule has 2 aromatic rings. The van der Waals surface area contributed by atoms with E-state index in [4.69, 9.17) is 4.98 Å². The van der Waals surface area contributed by atoms with E-state index in [1.54, 1.807) is 0 Å². The molecular formula is C17H24N2S. The number of rotatable bonds is 3. The average molecular weight is 288 g/mol. The topological polar surface area (TPSA) is 24.9 Å². The van der Waals surface area contributed by atoms with E-state index in [0.717, 1.165) is 17.4 Å². The summed E-state index contributed by atoms with van der Waals surface area (Å²) in [5, 5.41) is 5.03. The predicted molar refractivity (Wildman–Crippen MR) is 87.1 cm³/mol. The smallest absolute Gasteiger partial charge is 0.111 e. The summed E-state index contributed by atoms with van der Waals surface area (Å²) in [5.41, 5.74) is 1.13. The molecule has 1 saturated carbocycles. The van der Waals surface area contributed by atoms with Gasteiger partial charge in [-0.1, -0.05) is 26.0 Å². The minimum atomic E-state index is 0.355. The van der Waals surface area contributed by atoms with Gasteiger partial charge in [0.1, 0.15) is 5.01 Å². The van der Waals surface area contributed by atoms with Crippen molar-refractivity contribution in [3.8, 4) is 0 Å². The van der Waals surface area contributed by atoms with Gasteiger partial charge in [0.25, 0.3) is 0 Å². The lowest BCUT2D eigenvalue weighted by atomic mass is 9.79. The van der Waals surface area contributed by atoms with Crippen LogP contribution in [0, 0.1) is 11.8 Å². The highest BCUT2D eigenvalue weighted by atomic mass is 32.1. The number of benzene rings is 1. The molecule has 1 heterocycles. The van der Waals surface area contributed by atoms with Gasteiger partial charge in [0.05, 0.1) is 16.3 Å². The van der Waals surface area contributed by atoms with Crippen LogP contribution in [0.5, 0.6) is 0 Å². The van der Waals surface area contributed by atoms with Gasteiger partial charge in [0.15, 0.2) is 0 Å². The molecular weight excluding hydrogens is 264 g/mol. The minimum absolute atomic E-state index is 0.355. The Kier molecular flexibility index (Phi) is 4.08. The summed E-state index contributed by atoms with van der Waals surface area (Å²) in [4.78, 5) is 4.77. The second-order valence-electron chi connectivity index (χ2n) is 6.41. The van der Waals surface area contributed by atoms with E-state index in [2.05, 4.69) is 50.4 Å². The molecule has 0 radical (unpaired) electrons. The molecule has 1 aromatic heterocycles. The third kappa shape index (κ3) is 2.89. The molecule has 4 atom stereocenters. The Hall–Kier alpha value is -0.930. The summed E-state index contributed by atoms with van der Waals surface area (Å²) in [6.45, 7) is 7.02. The van der Waals surface area contributed by atoms with Crippen molar-refractivity contribution in [1.29, 1.82) is 0 Å². The molecule has 3 heteroatoms. The second kappa shape index (κ2) is 5.82. The number of nitrogens with zero attached hydrogens (tertiary/aromatic N) is 1. The van der Waals surface area contributed by atoms with Crippen molar-refractivity contribution in [3.63, 3.8) is 0 Å². The molecule has 20 heavy (non-hydrogen) atoms. The SMILES string of the molecule is CC1CCC(NC(C)c2nc3ccccc3s2)C(C)C1. The van der Waals surface area contributed by atoms with E-state index in [1.165, 1.54) is 29.0 Å². The van der Waals surface area contributed by atoms with Crippen molar-refractivity contribution in [2.75, 3.05) is 0 Å². The third-order valence-corrected chi connectivity index (χ3v) is 5.80. The quantitative estimate of drug-likeness (QED) is 0.880. The van der Waals surface area contributed by atoms with E-state index >= 15 is 0 Å². The number of nitrogens with one attached hydrogen (secondary N) is 1. The van der Waals surface area contributed by atoms with E-state index in [0.29, 0.717) is 12.1 Å². The fraction of sp³-hybridized carbons (Fsp3) is 0.588. The van der Waals surface area contributed by atoms with Crippen LogP contribution >= 0.6 is 11.3 Å². The Morgan fingerprint density at radius 1 is 1.25 bits per heavy atom. The second-order valence-corrected chi connectivity index (χ2v) is 7.47. The fourth-order valence-corrected chi connectivity index (χ4v) is 4.36. The van der Waals surface area contributed by atoms with Crippen molar-refractivity contribution >= 4 is 21.6 Å². The van der Waals surface area contributed by atoms with Crippen molar-refractivity contribution in [3.05, 3.63) is 29.3 Å². The first kappa shape index (κ1) is 14.0. The third-order valence-electron chi connectivity index (χ3n) is 4.58. The lowest BCUT2D eigenvalue weighted by Crippen LogP contribution is -2.40. The summed E-state index contributed by atoms with van der Waals surface area (Å²) in [6.07, 6.45) is 4.01. The van der Waals surface area contributed by atoms with Crippen LogP contribution in [0.1, 0.15) is 51.1 Å². The maximum atomic E-state index is 4.77. The molecule has 2 nitrogen and oxygen atoms in total. The van der Waals surface area contributed by atoms with Crippen molar-refractivity contribution in [1.82, 2.24) is 10.3 Å². The predicted octanol–water partition coefficient (Wildman–Crippen LogP) is 4.77. The van der Waals surface area contributed by atoms with Crippen LogP contribution < -0.4 is 5.32 Å². The first-order chi connectivity index (χ1) is 9.63. The van der Waals surface area contributed by atoms with Crippen LogP contribution in [-0.2, 0) is 0 Å². The molecule has 1 aliphatic carbocycles. The number of para-hydroxylation sites is 1. The van der Waals surface area contributed by atoms with Gasteiger partial charge < -0.3 is 5.32 Å². The highest BCUT2D eigenvalue weighted by molar-refractivity contribution is 7.18. The normalized spacial score (nSPS) is 28.6. The number of aromatic nitrogens is 1. The van der Waals surface area contributed by atoms with Crippen LogP contribution in [0.2, 0.25) is 0 Å². The van der Waals surface area contributed by atoms with E-state index in [-0.39, 0.29) is 0 Å². The van der Waals surface area contributed by atoms with Gasteiger partial charge in [-0.05, 0) is 50.2 Å². The maximum absolute atomic E-state index is 4.77. The molecule has 0 saturated heterocycles. The lowest BCUT2D eigenvalue weighted by molar-refractivity contribution is 0.216. The zero-order valence-corrected chi connectivity index (χ0v) is 13.4. The van der Waals surface area contributed by atoms with E-state index < -0.39 is 0 Å². The van der Waals surface area contributed by atoms with E-state index in [9.17, 15) is 0 Å². The van der Waals surface area contributed by atoms with Gasteiger partial charge in [0.2, 0.25) is 0 Å². The molecule has 1 aliphatic rings. The highest BCUT2D eigenvalue weighted by Crippen LogP contribution is 2.31. The Morgan fingerprint density at radius 3 is 2.80 bits per heavy atom. The zero-order chi connectivity index (χ0) is 14.1. The fourth-order valence-electron chi connectivity index (χ4n) is 3.38. The zero-order valence-electron chi connectivity index (χ0n) is 12.6. The molecule has 0 bridgehead atoms. The van der Waals surface area contributed by atoms with Crippen molar-refractivity contribution in [2.45, 2.75) is 52.1 Å². The average Bonchev–Trinajstić information content (AvgIpc) is 2.86. The minimum Gasteiger partial charge on any atom is -0.305 e. The van der Waals surface area contributed by atoms with Gasteiger partial charge >= 0.3 is 0 Å². The number of hydrogen-bond donors (Lipinski definition) is 1. The molecule has 1 aromatic carbocycles. The summed E-state index contributed by atoms with van der Waals surface area (Å²) < 4.78 is 1.29. The number of hydrogen-bond acceptors (Lipinski definition) is 3. The van der Waals surface area contributed by atoms with Crippen LogP contribution in [0.3, 0.4) is 0 Å². The maximum Gasteiger partial charge on any atom is 0.111 e. The Morgan fingerprint density at radius 2 is 2.05 bits per heavy atom. The number of thiazole rings is 1. The lowest BCUT2D eigenvalue weighted by Gasteiger charge is -2.34. The van der Waals surface area contributed by atoms with Gasteiger partial charge in [-0.3, -0.25) is 0 Å². The van der Waals surface area contributed by atoms with E-state index in [1.807, 2.05) is 11.3 Å². The first-order valence-electron chi connectivity index (χ1n) is 7.75. The molecule has 108 valence electrons. The summed E-state index contributed by atoms with van der Waals surface area (Å²) >= 11 is 1.82. The Bertz CT molecular complexity index is 544. The summed E-state index contributed by atoms with van der Waals surface area (Å²) in [7, 11) is 0. The summed E-state index contributed by atoms with van der Waals surface area (Å²) in [5.74, 6) is 1.66. The molecule has 4 unspecified atom stereocenters. The molecule has 0 aliphatic heterocycles. The number of fused-ring (bicyclic) bond motifs is 1. The van der Waals surface area contributed by atoms with Crippen molar-refractivity contribution < 1.29 is 0 Å². The van der Waals surface area contributed by atoms with Crippen LogP contribution in [-0.4, -0.2) is 11.0 Å². The van der Waals surface area contributed by atoms with Gasteiger partial charge in [-0.25, -0.2) is 4.98 Å². The van der Waals surface area contributed by atoms with Crippen LogP contribution in [0.4, 0.5) is 0 Å². The molecule has 1 fully saturated rings. The van der Waals surface area contributed by atoms with Gasteiger partial charge in [-0.2, -0.15) is 0 Å². The van der Waals surface area contributed by atoms with Gasteiger partial charge in [-0.15, -0.1) is 11.3 Å². The molecule has 0 spiro atoms. The molecule has 0 amide bonds. The first-order valence-corrected chi connectivity index (χ1v) is 8.56. The van der Waals surface area contributed by atoms with Gasteiger partial charge in [0, 0.05) is 6.04 Å². The summed E-state index contributed by atoms with van der Waals surface area (Å²) in [6, 6.07) is 9.42. The van der Waals surface area contributed by atoms with Crippen LogP contribution in [0.15, 0.2) is 24.3 Å². The molecule has 3 rings (SSSR count). The largest absolute Gasteiger partial charge is 0.305 e. The highest BCUT2D eigenvalue weighted by Gasteiger charge is 2.27. The monoisotopic (exact) mass is 288 g/mol. The van der Waals surface area contributed by atoms with Crippen molar-refractivity contribution in [2.24, 2.45) is 11.8 Å². The molecule has 1 N–H and O–H groups in total.